The van der Waals surface area contributed by atoms with E-state index in [-0.39, 0.29) is 25.8 Å². The molecule has 0 aliphatic carbocycles. The van der Waals surface area contributed by atoms with Crippen LogP contribution in [0.3, 0.4) is 0 Å². The number of esters is 1. The first-order valence-electron chi connectivity index (χ1n) is 24.2. The van der Waals surface area contributed by atoms with Gasteiger partial charge in [-0.3, -0.25) is 9.36 Å². The van der Waals surface area contributed by atoms with Crippen LogP contribution < -0.4 is 4.89 Å². The van der Waals surface area contributed by atoms with Crippen LogP contribution in [0.5, 0.6) is 0 Å². The highest BCUT2D eigenvalue weighted by Crippen LogP contribution is 2.38. The molecule has 2 atom stereocenters. The van der Waals surface area contributed by atoms with Crippen LogP contribution in [0.4, 0.5) is 0 Å². The molecular weight excluding hydrogens is 770 g/mol. The van der Waals surface area contributed by atoms with E-state index < -0.39 is 13.9 Å². The standard InChI is InChI=1S/C51H92NO7P/c1-6-8-10-12-14-16-18-20-21-22-23-24-25-26-27-28-29-30-31-32-33-35-37-39-41-43-46-56-48-50(49-58-60(54,55)57-47-45-52(3,4)5)59-51(53)44-42-40-38-36-34-19-17-15-13-11-9-7-2/h8,10,14-17,20-21,23-24,26-27,50H,6-7,9,11-13,18-19,22,25,28-49H2,1-5H3/b10-8-,16-14-,17-15-,21-20-,24-23-,27-26-. The summed E-state index contributed by atoms with van der Waals surface area (Å²) in [6.07, 6.45) is 56.4. The summed E-state index contributed by atoms with van der Waals surface area (Å²) in [4.78, 5) is 25.1. The summed E-state index contributed by atoms with van der Waals surface area (Å²) in [7, 11) is 1.34. The Morgan fingerprint density at radius 1 is 0.533 bits per heavy atom. The Kier molecular flexibility index (Phi) is 42.1. The summed E-state index contributed by atoms with van der Waals surface area (Å²) in [5, 5.41) is 0. The molecule has 60 heavy (non-hydrogen) atoms. The number of hydrogen-bond donors (Lipinski definition) is 0. The molecule has 8 nitrogen and oxygen atoms in total. The first-order valence-corrected chi connectivity index (χ1v) is 25.6. The van der Waals surface area contributed by atoms with Gasteiger partial charge in [0.15, 0.2) is 0 Å². The Morgan fingerprint density at radius 2 is 0.967 bits per heavy atom. The number of carbonyl (C=O) groups excluding carboxylic acids is 1. The van der Waals surface area contributed by atoms with Crippen molar-refractivity contribution in [3.63, 3.8) is 0 Å². The Balaban J connectivity index is 4.11. The zero-order valence-corrected chi connectivity index (χ0v) is 40.3. The normalized spacial score (nSPS) is 14.3. The lowest BCUT2D eigenvalue weighted by atomic mass is 10.1. The van der Waals surface area contributed by atoms with E-state index in [0.29, 0.717) is 24.1 Å². The van der Waals surface area contributed by atoms with Crippen molar-refractivity contribution in [2.24, 2.45) is 0 Å². The van der Waals surface area contributed by atoms with Gasteiger partial charge in [0, 0.05) is 13.0 Å². The van der Waals surface area contributed by atoms with Crippen LogP contribution >= 0.6 is 7.82 Å². The largest absolute Gasteiger partial charge is 0.756 e. The average Bonchev–Trinajstić information content (AvgIpc) is 3.20. The highest BCUT2D eigenvalue weighted by Gasteiger charge is 2.20. The van der Waals surface area contributed by atoms with Crippen molar-refractivity contribution in [2.45, 2.75) is 193 Å². The number of carbonyl (C=O) groups is 1. The fourth-order valence-electron chi connectivity index (χ4n) is 6.27. The van der Waals surface area contributed by atoms with Crippen molar-refractivity contribution < 1.29 is 37.3 Å². The minimum Gasteiger partial charge on any atom is -0.756 e. The van der Waals surface area contributed by atoms with Crippen molar-refractivity contribution in [1.82, 2.24) is 0 Å². The van der Waals surface area contributed by atoms with Crippen LogP contribution in [-0.2, 0) is 27.9 Å². The fraction of sp³-hybridized carbons (Fsp3) is 0.745. The molecule has 0 aliphatic rings. The maximum Gasteiger partial charge on any atom is 0.306 e. The van der Waals surface area contributed by atoms with Crippen LogP contribution in [-0.4, -0.2) is 70.7 Å². The molecule has 348 valence electrons. The Hall–Kier alpha value is -2.06. The number of phosphoric ester groups is 1. The minimum absolute atomic E-state index is 0.0207. The van der Waals surface area contributed by atoms with Crippen LogP contribution in [0.15, 0.2) is 72.9 Å². The van der Waals surface area contributed by atoms with Gasteiger partial charge in [-0.1, -0.05) is 170 Å². The van der Waals surface area contributed by atoms with Crippen molar-refractivity contribution in [3.05, 3.63) is 72.9 Å². The molecule has 0 saturated heterocycles. The molecule has 0 heterocycles. The number of allylic oxidation sites excluding steroid dienone is 12. The van der Waals surface area contributed by atoms with Crippen molar-refractivity contribution in [3.8, 4) is 0 Å². The maximum atomic E-state index is 12.7. The van der Waals surface area contributed by atoms with Gasteiger partial charge < -0.3 is 27.9 Å². The van der Waals surface area contributed by atoms with E-state index in [1.165, 1.54) is 89.9 Å². The van der Waals surface area contributed by atoms with Gasteiger partial charge >= 0.3 is 5.97 Å². The molecule has 0 amide bonds. The van der Waals surface area contributed by atoms with Crippen LogP contribution in [0.1, 0.15) is 187 Å². The predicted molar refractivity (Wildman–Crippen MR) is 254 cm³/mol. The number of phosphoric acid groups is 1. The lowest BCUT2D eigenvalue weighted by Gasteiger charge is -2.28. The van der Waals surface area contributed by atoms with E-state index in [0.717, 1.165) is 77.0 Å². The zero-order valence-electron chi connectivity index (χ0n) is 39.4. The molecule has 0 rings (SSSR count). The number of ether oxygens (including phenoxy) is 2. The van der Waals surface area contributed by atoms with Gasteiger partial charge in [-0.25, -0.2) is 0 Å². The summed E-state index contributed by atoms with van der Waals surface area (Å²) >= 11 is 0. The third-order valence-electron chi connectivity index (χ3n) is 9.99. The summed E-state index contributed by atoms with van der Waals surface area (Å²) in [6.45, 7) is 5.24. The first-order chi connectivity index (χ1) is 29.1. The van der Waals surface area contributed by atoms with Gasteiger partial charge in [0.1, 0.15) is 19.3 Å². The number of unbranched alkanes of at least 4 members (excludes halogenated alkanes) is 18. The minimum atomic E-state index is -4.53. The molecular formula is C51H92NO7P. The SMILES string of the molecule is CC/C=C\C/C=C\C/C=C\C/C=C\C/C=C\CCCCCCCCCCCCOCC(COP(=O)([O-])OCC[N+](C)(C)C)OC(=O)CCCCCCC/C=C\CCCCC. The Bertz CT molecular complexity index is 1190. The monoisotopic (exact) mass is 862 g/mol. The first kappa shape index (κ1) is 57.9. The summed E-state index contributed by atoms with van der Waals surface area (Å²) in [6, 6.07) is 0. The topological polar surface area (TPSA) is 94.1 Å². The molecule has 9 heteroatoms. The second-order valence-corrected chi connectivity index (χ2v) is 18.5. The van der Waals surface area contributed by atoms with E-state index in [2.05, 4.69) is 86.8 Å². The average molecular weight is 862 g/mol. The molecule has 0 bridgehead atoms. The van der Waals surface area contributed by atoms with Crippen LogP contribution in [0.25, 0.3) is 0 Å². The van der Waals surface area contributed by atoms with Gasteiger partial charge in [0.2, 0.25) is 0 Å². The molecule has 0 aromatic rings. The van der Waals surface area contributed by atoms with Gasteiger partial charge in [-0.2, -0.15) is 0 Å². The van der Waals surface area contributed by atoms with Crippen molar-refractivity contribution in [2.75, 3.05) is 54.1 Å². The lowest BCUT2D eigenvalue weighted by molar-refractivity contribution is -0.870. The summed E-state index contributed by atoms with van der Waals surface area (Å²) in [5.74, 6) is -0.348. The molecule has 2 unspecified atom stereocenters. The summed E-state index contributed by atoms with van der Waals surface area (Å²) < 4.78 is 34.6. The zero-order chi connectivity index (χ0) is 44.1. The molecule has 0 fully saturated rings. The molecule has 0 N–H and O–H groups in total. The molecule has 0 aromatic carbocycles. The number of likely N-dealkylation sites (N-methyl/N-ethyl adjacent to an activating group) is 1. The summed E-state index contributed by atoms with van der Waals surface area (Å²) in [5.41, 5.74) is 0. The third-order valence-corrected chi connectivity index (χ3v) is 11.0. The highest BCUT2D eigenvalue weighted by atomic mass is 31.2. The van der Waals surface area contributed by atoms with E-state index in [4.69, 9.17) is 18.5 Å². The predicted octanol–water partition coefficient (Wildman–Crippen LogP) is 14.0. The van der Waals surface area contributed by atoms with Gasteiger partial charge in [0.05, 0.1) is 34.4 Å². The smallest absolute Gasteiger partial charge is 0.306 e. The molecule has 0 spiro atoms. The fourth-order valence-corrected chi connectivity index (χ4v) is 7.00. The van der Waals surface area contributed by atoms with Crippen LogP contribution in [0.2, 0.25) is 0 Å². The Morgan fingerprint density at radius 3 is 1.47 bits per heavy atom. The maximum absolute atomic E-state index is 12.7. The molecule has 0 saturated carbocycles. The quantitative estimate of drug-likeness (QED) is 0.0198. The van der Waals surface area contributed by atoms with Crippen molar-refractivity contribution >= 4 is 13.8 Å². The molecule has 0 aliphatic heterocycles. The third kappa shape index (κ3) is 47.0. The van der Waals surface area contributed by atoms with E-state index in [1.807, 2.05) is 21.1 Å². The van der Waals surface area contributed by atoms with E-state index >= 15 is 0 Å². The van der Waals surface area contributed by atoms with Gasteiger partial charge in [-0.15, -0.1) is 0 Å². The second-order valence-electron chi connectivity index (χ2n) is 17.1. The van der Waals surface area contributed by atoms with Crippen LogP contribution in [0, 0.1) is 0 Å². The lowest BCUT2D eigenvalue weighted by Crippen LogP contribution is -2.37. The van der Waals surface area contributed by atoms with Gasteiger partial charge in [0.25, 0.3) is 7.82 Å². The molecule has 0 aromatic heterocycles. The highest BCUT2D eigenvalue weighted by molar-refractivity contribution is 7.45. The second kappa shape index (κ2) is 43.6. The molecule has 0 radical (unpaired) electrons. The Labute approximate surface area is 370 Å². The number of nitrogens with zero attached hydrogens (tertiary/aromatic N) is 1. The van der Waals surface area contributed by atoms with E-state index in [1.54, 1.807) is 0 Å². The number of hydrogen-bond acceptors (Lipinski definition) is 7. The van der Waals surface area contributed by atoms with E-state index in [9.17, 15) is 14.3 Å². The van der Waals surface area contributed by atoms with Gasteiger partial charge in [-0.05, 0) is 83.5 Å². The number of rotatable bonds is 44. The van der Waals surface area contributed by atoms with Crippen molar-refractivity contribution in [1.29, 1.82) is 0 Å². The number of quaternary nitrogens is 1.